The highest BCUT2D eigenvalue weighted by molar-refractivity contribution is 6.11. The second-order valence-corrected chi connectivity index (χ2v) is 8.77. The number of benzene rings is 1. The van der Waals surface area contributed by atoms with Gasteiger partial charge in [-0.15, -0.1) is 0 Å². The summed E-state index contributed by atoms with van der Waals surface area (Å²) < 4.78 is 17.7. The van der Waals surface area contributed by atoms with E-state index in [-0.39, 0.29) is 11.5 Å². The number of carbonyl (C=O) groups excluding carboxylic acids is 2. The van der Waals surface area contributed by atoms with E-state index in [0.29, 0.717) is 34.8 Å². The molecule has 0 aliphatic heterocycles. The van der Waals surface area contributed by atoms with Crippen LogP contribution in [-0.4, -0.2) is 43.8 Å². The molecule has 0 bridgehead atoms. The number of imidazole rings is 1. The first-order valence-corrected chi connectivity index (χ1v) is 10.9. The molecule has 1 aromatic carbocycles. The summed E-state index contributed by atoms with van der Waals surface area (Å²) >= 11 is 0. The Bertz CT molecular complexity index is 1370. The van der Waals surface area contributed by atoms with Gasteiger partial charge >= 0.3 is 6.09 Å². The van der Waals surface area contributed by atoms with Crippen molar-refractivity contribution in [1.29, 1.82) is 0 Å². The molecule has 0 N–H and O–H groups in total. The molecule has 0 aliphatic carbocycles. The summed E-state index contributed by atoms with van der Waals surface area (Å²) in [6.07, 6.45) is 0.773. The monoisotopic (exact) mass is 462 g/mol. The SMILES string of the molecule is CCOc1cccnc1C(=O)c1nc2ccc(-c3c(C)noc3C)cc2n1C(=O)OC(C)(C)C. The van der Waals surface area contributed by atoms with Crippen molar-refractivity contribution in [3.63, 3.8) is 0 Å². The molecule has 3 heterocycles. The number of rotatable bonds is 5. The number of ketones is 1. The zero-order chi connectivity index (χ0) is 24.6. The van der Waals surface area contributed by atoms with Crippen molar-refractivity contribution in [3.8, 4) is 16.9 Å². The Morgan fingerprint density at radius 3 is 2.56 bits per heavy atom. The summed E-state index contributed by atoms with van der Waals surface area (Å²) in [5, 5.41) is 4.01. The number of nitrogens with zero attached hydrogens (tertiary/aromatic N) is 4. The molecule has 9 heteroatoms. The van der Waals surface area contributed by atoms with Crippen molar-refractivity contribution in [2.45, 2.75) is 47.1 Å². The lowest BCUT2D eigenvalue weighted by Crippen LogP contribution is -2.29. The van der Waals surface area contributed by atoms with Crippen LogP contribution in [-0.2, 0) is 4.74 Å². The zero-order valence-electron chi connectivity index (χ0n) is 20.0. The number of hydrogen-bond acceptors (Lipinski definition) is 8. The second-order valence-electron chi connectivity index (χ2n) is 8.77. The molecule has 0 unspecified atom stereocenters. The van der Waals surface area contributed by atoms with Crippen LogP contribution in [0.4, 0.5) is 4.79 Å². The molecule has 0 amide bonds. The van der Waals surface area contributed by atoms with E-state index >= 15 is 0 Å². The van der Waals surface area contributed by atoms with E-state index in [4.69, 9.17) is 14.0 Å². The Labute approximate surface area is 196 Å². The summed E-state index contributed by atoms with van der Waals surface area (Å²) in [5.74, 6) is 0.297. The summed E-state index contributed by atoms with van der Waals surface area (Å²) in [6.45, 7) is 11.1. The Balaban J connectivity index is 1.94. The molecule has 0 aliphatic rings. The highest BCUT2D eigenvalue weighted by atomic mass is 16.6. The third kappa shape index (κ3) is 4.28. The average Bonchev–Trinajstić information content (AvgIpc) is 3.31. The van der Waals surface area contributed by atoms with Crippen molar-refractivity contribution < 1.29 is 23.6 Å². The molecule has 4 aromatic rings. The highest BCUT2D eigenvalue weighted by Gasteiger charge is 2.29. The maximum absolute atomic E-state index is 13.6. The molecular weight excluding hydrogens is 436 g/mol. The van der Waals surface area contributed by atoms with Crippen LogP contribution < -0.4 is 4.74 Å². The fourth-order valence-corrected chi connectivity index (χ4v) is 3.71. The van der Waals surface area contributed by atoms with Crippen molar-refractivity contribution in [1.82, 2.24) is 19.7 Å². The summed E-state index contributed by atoms with van der Waals surface area (Å²) in [4.78, 5) is 35.6. The van der Waals surface area contributed by atoms with E-state index in [1.165, 1.54) is 10.8 Å². The predicted molar refractivity (Wildman–Crippen MR) is 125 cm³/mol. The topological polar surface area (TPSA) is 109 Å². The van der Waals surface area contributed by atoms with Gasteiger partial charge in [-0.25, -0.2) is 19.3 Å². The molecule has 0 saturated carbocycles. The van der Waals surface area contributed by atoms with Crippen LogP contribution in [0.2, 0.25) is 0 Å². The van der Waals surface area contributed by atoms with Crippen molar-refractivity contribution >= 4 is 22.9 Å². The molecule has 34 heavy (non-hydrogen) atoms. The molecule has 0 spiro atoms. The van der Waals surface area contributed by atoms with Gasteiger partial charge < -0.3 is 14.0 Å². The van der Waals surface area contributed by atoms with Gasteiger partial charge in [0.15, 0.2) is 11.5 Å². The molecule has 4 rings (SSSR count). The molecule has 0 saturated heterocycles. The number of hydrogen-bond donors (Lipinski definition) is 0. The Kier molecular flexibility index (Phi) is 5.95. The molecule has 0 atom stereocenters. The number of aromatic nitrogens is 4. The minimum Gasteiger partial charge on any atom is -0.491 e. The first kappa shape index (κ1) is 23.2. The number of ether oxygens (including phenoxy) is 2. The van der Waals surface area contributed by atoms with Crippen LogP contribution in [0, 0.1) is 13.8 Å². The van der Waals surface area contributed by atoms with Gasteiger partial charge in [-0.05, 0) is 71.4 Å². The van der Waals surface area contributed by atoms with Gasteiger partial charge in [-0.2, -0.15) is 0 Å². The third-order valence-electron chi connectivity index (χ3n) is 5.04. The van der Waals surface area contributed by atoms with Gasteiger partial charge in [0.05, 0.1) is 23.3 Å². The summed E-state index contributed by atoms with van der Waals surface area (Å²) in [6, 6.07) is 8.70. The normalized spacial score (nSPS) is 11.6. The van der Waals surface area contributed by atoms with E-state index in [1.54, 1.807) is 45.0 Å². The molecule has 176 valence electrons. The smallest absolute Gasteiger partial charge is 0.420 e. The predicted octanol–water partition coefficient (Wildman–Crippen LogP) is 5.12. The number of fused-ring (bicyclic) bond motifs is 1. The Morgan fingerprint density at radius 2 is 1.91 bits per heavy atom. The van der Waals surface area contributed by atoms with Crippen molar-refractivity contribution in [3.05, 3.63) is 59.5 Å². The van der Waals surface area contributed by atoms with Crippen LogP contribution in [0.1, 0.15) is 55.5 Å². The lowest BCUT2D eigenvalue weighted by atomic mass is 10.0. The second kappa shape index (κ2) is 8.74. The number of aryl methyl sites for hydroxylation is 2. The van der Waals surface area contributed by atoms with Crippen LogP contribution in [0.15, 0.2) is 41.1 Å². The standard InChI is InChI=1S/C25H26N4O5/c1-7-32-19-9-8-12-26-21(19)22(30)23-27-17-11-10-16(20-14(2)28-34-15(20)3)13-18(17)29(23)24(31)33-25(4,5)6/h8-13H,7H2,1-6H3. The fourth-order valence-electron chi connectivity index (χ4n) is 3.71. The van der Waals surface area contributed by atoms with Gasteiger partial charge in [0.2, 0.25) is 0 Å². The van der Waals surface area contributed by atoms with E-state index in [2.05, 4.69) is 15.1 Å². The van der Waals surface area contributed by atoms with Gasteiger partial charge in [-0.3, -0.25) is 4.79 Å². The van der Waals surface area contributed by atoms with E-state index in [1.807, 2.05) is 26.8 Å². The molecule has 0 radical (unpaired) electrons. The van der Waals surface area contributed by atoms with E-state index in [0.717, 1.165) is 11.1 Å². The van der Waals surface area contributed by atoms with Crippen LogP contribution in [0.5, 0.6) is 5.75 Å². The largest absolute Gasteiger partial charge is 0.491 e. The lowest BCUT2D eigenvalue weighted by molar-refractivity contribution is 0.0535. The lowest BCUT2D eigenvalue weighted by Gasteiger charge is -2.20. The van der Waals surface area contributed by atoms with Gasteiger partial charge in [0.25, 0.3) is 5.78 Å². The molecule has 3 aromatic heterocycles. The highest BCUT2D eigenvalue weighted by Crippen LogP contribution is 2.31. The first-order chi connectivity index (χ1) is 16.1. The van der Waals surface area contributed by atoms with Crippen LogP contribution in [0.3, 0.4) is 0 Å². The van der Waals surface area contributed by atoms with Crippen LogP contribution in [0.25, 0.3) is 22.2 Å². The van der Waals surface area contributed by atoms with Crippen molar-refractivity contribution in [2.75, 3.05) is 6.61 Å². The van der Waals surface area contributed by atoms with E-state index in [9.17, 15) is 9.59 Å². The van der Waals surface area contributed by atoms with E-state index < -0.39 is 17.5 Å². The number of pyridine rings is 1. The molecule has 9 nitrogen and oxygen atoms in total. The Hall–Kier alpha value is -4.01. The van der Waals surface area contributed by atoms with Crippen molar-refractivity contribution in [2.24, 2.45) is 0 Å². The minimum absolute atomic E-state index is 0.0652. The van der Waals surface area contributed by atoms with Crippen LogP contribution >= 0.6 is 0 Å². The Morgan fingerprint density at radius 1 is 1.15 bits per heavy atom. The third-order valence-corrected chi connectivity index (χ3v) is 5.04. The maximum Gasteiger partial charge on any atom is 0.420 e. The summed E-state index contributed by atoms with van der Waals surface area (Å²) in [7, 11) is 0. The van der Waals surface area contributed by atoms with Gasteiger partial charge in [-0.1, -0.05) is 11.2 Å². The zero-order valence-corrected chi connectivity index (χ0v) is 20.0. The fraction of sp³-hybridized carbons (Fsp3) is 0.320. The van der Waals surface area contributed by atoms with Gasteiger partial charge in [0.1, 0.15) is 17.1 Å². The molecular formula is C25H26N4O5. The quantitative estimate of drug-likeness (QED) is 0.376. The average molecular weight is 463 g/mol. The maximum atomic E-state index is 13.6. The summed E-state index contributed by atoms with van der Waals surface area (Å²) in [5.41, 5.74) is 2.47. The minimum atomic E-state index is -0.783. The van der Waals surface area contributed by atoms with Gasteiger partial charge in [0, 0.05) is 11.8 Å². The number of carbonyl (C=O) groups is 2. The molecule has 0 fully saturated rings. The first-order valence-electron chi connectivity index (χ1n) is 10.9.